The molecule has 4 nitrogen and oxygen atoms in total. The predicted molar refractivity (Wildman–Crippen MR) is 53.0 cm³/mol. The van der Waals surface area contributed by atoms with E-state index >= 15 is 0 Å². The van der Waals surface area contributed by atoms with Crippen LogP contribution in [0.25, 0.3) is 0 Å². The molecule has 0 aromatic heterocycles. The van der Waals surface area contributed by atoms with Crippen LogP contribution in [0.15, 0.2) is 12.4 Å². The SMILES string of the molecule is C=C(NCCNC)NCCNC. The Balaban J connectivity index is 3.10. The molecule has 0 rings (SSSR count). The van der Waals surface area contributed by atoms with Gasteiger partial charge in [-0.3, -0.25) is 0 Å². The third kappa shape index (κ3) is 7.37. The van der Waals surface area contributed by atoms with Gasteiger partial charge in [0.15, 0.2) is 0 Å². The minimum atomic E-state index is 0.889. The van der Waals surface area contributed by atoms with Gasteiger partial charge in [0.1, 0.15) is 0 Å². The van der Waals surface area contributed by atoms with Gasteiger partial charge < -0.3 is 21.3 Å². The zero-order valence-corrected chi connectivity index (χ0v) is 8.04. The largest absolute Gasteiger partial charge is 0.371 e. The lowest BCUT2D eigenvalue weighted by Gasteiger charge is -2.11. The van der Waals surface area contributed by atoms with Gasteiger partial charge in [-0.2, -0.15) is 0 Å². The van der Waals surface area contributed by atoms with E-state index in [0.29, 0.717) is 0 Å². The highest BCUT2D eigenvalue weighted by molar-refractivity contribution is 4.87. The molecule has 0 amide bonds. The van der Waals surface area contributed by atoms with Crippen LogP contribution in [0.2, 0.25) is 0 Å². The number of nitrogens with one attached hydrogen (secondary N) is 4. The van der Waals surface area contributed by atoms with Gasteiger partial charge in [-0.15, -0.1) is 0 Å². The molecule has 0 unspecified atom stereocenters. The van der Waals surface area contributed by atoms with Gasteiger partial charge >= 0.3 is 0 Å². The molecule has 0 saturated heterocycles. The Hall–Kier alpha value is -0.740. The average molecular weight is 172 g/mol. The van der Waals surface area contributed by atoms with Crippen LogP contribution < -0.4 is 21.3 Å². The lowest BCUT2D eigenvalue weighted by Crippen LogP contribution is -2.33. The topological polar surface area (TPSA) is 48.1 Å². The third-order valence-corrected chi connectivity index (χ3v) is 1.43. The number of rotatable bonds is 8. The minimum absolute atomic E-state index is 0.889. The van der Waals surface area contributed by atoms with Crippen LogP contribution in [0.4, 0.5) is 0 Å². The summed E-state index contributed by atoms with van der Waals surface area (Å²) >= 11 is 0. The van der Waals surface area contributed by atoms with Crippen molar-refractivity contribution in [3.63, 3.8) is 0 Å². The lowest BCUT2D eigenvalue weighted by molar-refractivity contribution is 0.640. The van der Waals surface area contributed by atoms with Gasteiger partial charge in [0.25, 0.3) is 0 Å². The standard InChI is InChI=1S/C8H20N4/c1-8(11-6-4-9-2)12-7-5-10-3/h9-12H,1,4-7H2,2-3H3. The van der Waals surface area contributed by atoms with Crippen LogP contribution in [0.5, 0.6) is 0 Å². The first-order valence-corrected chi connectivity index (χ1v) is 4.27. The second kappa shape index (κ2) is 8.36. The summed E-state index contributed by atoms with van der Waals surface area (Å²) in [6, 6.07) is 0. The fourth-order valence-electron chi connectivity index (χ4n) is 0.739. The first kappa shape index (κ1) is 11.3. The van der Waals surface area contributed by atoms with Gasteiger partial charge in [-0.1, -0.05) is 6.58 Å². The Kier molecular flexibility index (Phi) is 7.84. The van der Waals surface area contributed by atoms with Crippen molar-refractivity contribution in [2.45, 2.75) is 0 Å². The molecule has 4 heteroatoms. The fourth-order valence-corrected chi connectivity index (χ4v) is 0.739. The highest BCUT2D eigenvalue weighted by Gasteiger charge is 1.89. The Morgan fingerprint density at radius 1 is 0.917 bits per heavy atom. The Bertz CT molecular complexity index is 102. The van der Waals surface area contributed by atoms with Crippen molar-refractivity contribution >= 4 is 0 Å². The molecule has 0 spiro atoms. The summed E-state index contributed by atoms with van der Waals surface area (Å²) in [4.78, 5) is 0. The predicted octanol–water partition coefficient (Wildman–Crippen LogP) is -0.924. The Morgan fingerprint density at radius 2 is 1.33 bits per heavy atom. The van der Waals surface area contributed by atoms with E-state index in [1.54, 1.807) is 0 Å². The van der Waals surface area contributed by atoms with E-state index in [9.17, 15) is 0 Å². The summed E-state index contributed by atoms with van der Waals surface area (Å²) in [6.45, 7) is 7.53. The minimum Gasteiger partial charge on any atom is -0.371 e. The molecule has 0 aromatic rings. The molecule has 12 heavy (non-hydrogen) atoms. The molecule has 0 atom stereocenters. The first-order valence-electron chi connectivity index (χ1n) is 4.27. The van der Waals surface area contributed by atoms with Crippen LogP contribution in [0, 0.1) is 0 Å². The maximum atomic E-state index is 3.82. The van der Waals surface area contributed by atoms with Crippen molar-refractivity contribution in [1.82, 2.24) is 21.3 Å². The molecule has 0 radical (unpaired) electrons. The molecule has 0 aromatic carbocycles. The molecule has 0 aliphatic carbocycles. The van der Waals surface area contributed by atoms with Crippen LogP contribution in [0.3, 0.4) is 0 Å². The summed E-state index contributed by atoms with van der Waals surface area (Å²) in [7, 11) is 3.86. The van der Waals surface area contributed by atoms with Crippen LogP contribution in [-0.4, -0.2) is 40.3 Å². The van der Waals surface area contributed by atoms with Crippen LogP contribution in [-0.2, 0) is 0 Å². The first-order chi connectivity index (χ1) is 5.81. The number of hydrogen-bond acceptors (Lipinski definition) is 4. The van der Waals surface area contributed by atoms with E-state index in [4.69, 9.17) is 0 Å². The Labute approximate surface area is 74.8 Å². The van der Waals surface area contributed by atoms with Crippen molar-refractivity contribution in [1.29, 1.82) is 0 Å². The molecular weight excluding hydrogens is 152 g/mol. The maximum Gasteiger partial charge on any atom is 0.0913 e. The highest BCUT2D eigenvalue weighted by Crippen LogP contribution is 1.73. The van der Waals surface area contributed by atoms with Crippen molar-refractivity contribution in [3.8, 4) is 0 Å². The van der Waals surface area contributed by atoms with Crippen molar-refractivity contribution in [2.24, 2.45) is 0 Å². The molecule has 0 saturated carbocycles. The molecule has 0 aliphatic rings. The van der Waals surface area contributed by atoms with Crippen molar-refractivity contribution in [3.05, 3.63) is 12.4 Å². The summed E-state index contributed by atoms with van der Waals surface area (Å²) in [5, 5.41) is 12.4. The quantitative estimate of drug-likeness (QED) is 0.358. The third-order valence-electron chi connectivity index (χ3n) is 1.43. The molecule has 4 N–H and O–H groups in total. The lowest BCUT2D eigenvalue weighted by atomic mass is 10.5. The molecule has 0 heterocycles. The molecule has 0 aliphatic heterocycles. The number of hydrogen-bond donors (Lipinski definition) is 4. The van der Waals surface area contributed by atoms with Gasteiger partial charge in [-0.25, -0.2) is 0 Å². The molecule has 72 valence electrons. The second-order valence-corrected chi connectivity index (χ2v) is 2.54. The average Bonchev–Trinajstić information content (AvgIpc) is 2.06. The van der Waals surface area contributed by atoms with Gasteiger partial charge in [0, 0.05) is 26.2 Å². The molecule has 0 fully saturated rings. The number of likely N-dealkylation sites (N-methyl/N-ethyl adjacent to an activating group) is 2. The Morgan fingerprint density at radius 3 is 1.67 bits per heavy atom. The molecule has 0 bridgehead atoms. The summed E-state index contributed by atoms with van der Waals surface area (Å²) < 4.78 is 0. The van der Waals surface area contributed by atoms with Crippen LogP contribution in [0.1, 0.15) is 0 Å². The van der Waals surface area contributed by atoms with Crippen molar-refractivity contribution < 1.29 is 0 Å². The van der Waals surface area contributed by atoms with E-state index in [1.807, 2.05) is 14.1 Å². The van der Waals surface area contributed by atoms with Crippen molar-refractivity contribution in [2.75, 3.05) is 40.3 Å². The zero-order chi connectivity index (χ0) is 9.23. The van der Waals surface area contributed by atoms with E-state index in [-0.39, 0.29) is 0 Å². The smallest absolute Gasteiger partial charge is 0.0913 e. The van der Waals surface area contributed by atoms with E-state index in [2.05, 4.69) is 27.8 Å². The highest BCUT2D eigenvalue weighted by atomic mass is 15.1. The summed E-state index contributed by atoms with van der Waals surface area (Å²) in [5.41, 5.74) is 0. The van der Waals surface area contributed by atoms with E-state index in [1.165, 1.54) is 0 Å². The van der Waals surface area contributed by atoms with E-state index in [0.717, 1.165) is 32.0 Å². The van der Waals surface area contributed by atoms with E-state index < -0.39 is 0 Å². The molecular formula is C8H20N4. The fraction of sp³-hybridized carbons (Fsp3) is 0.750. The zero-order valence-electron chi connectivity index (χ0n) is 8.04. The monoisotopic (exact) mass is 172 g/mol. The summed E-state index contributed by atoms with van der Waals surface area (Å²) in [5.74, 6) is 0.889. The maximum absolute atomic E-state index is 3.82. The summed E-state index contributed by atoms with van der Waals surface area (Å²) in [6.07, 6.45) is 0. The van der Waals surface area contributed by atoms with Crippen LogP contribution >= 0.6 is 0 Å². The van der Waals surface area contributed by atoms with Gasteiger partial charge in [0.05, 0.1) is 5.82 Å². The van der Waals surface area contributed by atoms with Gasteiger partial charge in [0.2, 0.25) is 0 Å². The second-order valence-electron chi connectivity index (χ2n) is 2.54. The van der Waals surface area contributed by atoms with Gasteiger partial charge in [-0.05, 0) is 14.1 Å². The normalized spacial score (nSPS) is 9.50.